The largest absolute Gasteiger partial charge is 0.490 e. The molecule has 1 atom stereocenters. The zero-order chi connectivity index (χ0) is 17.0. The lowest BCUT2D eigenvalue weighted by molar-refractivity contribution is 0.0531. The molecule has 0 aliphatic heterocycles. The summed E-state index contributed by atoms with van der Waals surface area (Å²) >= 11 is 12.3. The maximum absolute atomic E-state index is 9.50. The Morgan fingerprint density at radius 2 is 1.74 bits per heavy atom. The molecule has 0 aliphatic carbocycles. The molecule has 124 valence electrons. The van der Waals surface area contributed by atoms with Crippen LogP contribution >= 0.6 is 23.2 Å². The number of halogens is 2. The van der Waals surface area contributed by atoms with Gasteiger partial charge in [-0.15, -0.1) is 0 Å². The highest BCUT2D eigenvalue weighted by molar-refractivity contribution is 6.31. The number of aryl methyl sites for hydroxylation is 2. The fourth-order valence-electron chi connectivity index (χ4n) is 2.50. The molecular formula is C18H20Cl2O3. The van der Waals surface area contributed by atoms with Gasteiger partial charge in [0, 0.05) is 22.0 Å². The Morgan fingerprint density at radius 1 is 1.04 bits per heavy atom. The summed E-state index contributed by atoms with van der Waals surface area (Å²) in [7, 11) is 0. The van der Waals surface area contributed by atoms with Crippen molar-refractivity contribution in [2.75, 3.05) is 13.2 Å². The number of hydrogen-bond acceptors (Lipinski definition) is 3. The molecule has 2 aromatic rings. The van der Waals surface area contributed by atoms with Gasteiger partial charge in [0.15, 0.2) is 0 Å². The van der Waals surface area contributed by atoms with Crippen molar-refractivity contribution < 1.29 is 14.9 Å². The van der Waals surface area contributed by atoms with Crippen LogP contribution in [0.2, 0.25) is 10.0 Å². The predicted molar refractivity (Wildman–Crippen MR) is 93.8 cm³/mol. The maximum atomic E-state index is 9.50. The lowest BCUT2D eigenvalue weighted by Gasteiger charge is -2.17. The van der Waals surface area contributed by atoms with Crippen LogP contribution in [0.3, 0.4) is 0 Å². The fourth-order valence-corrected chi connectivity index (χ4v) is 3.11. The molecule has 0 heterocycles. The predicted octanol–water partition coefficient (Wildman–Crippen LogP) is 3.93. The van der Waals surface area contributed by atoms with Crippen LogP contribution < -0.4 is 4.74 Å². The molecule has 0 aliphatic rings. The summed E-state index contributed by atoms with van der Waals surface area (Å²) in [6, 6.07) is 9.55. The van der Waals surface area contributed by atoms with Crippen LogP contribution in [-0.4, -0.2) is 29.5 Å². The molecule has 0 saturated heterocycles. The molecule has 0 aromatic heterocycles. The van der Waals surface area contributed by atoms with Gasteiger partial charge in [-0.3, -0.25) is 0 Å². The Balaban J connectivity index is 2.32. The van der Waals surface area contributed by atoms with E-state index in [1.165, 1.54) is 0 Å². The number of hydrogen-bond donors (Lipinski definition) is 2. The number of aliphatic hydroxyl groups excluding tert-OH is 2. The van der Waals surface area contributed by atoms with E-state index in [0.29, 0.717) is 22.2 Å². The highest BCUT2D eigenvalue weighted by Gasteiger charge is 2.13. The summed E-state index contributed by atoms with van der Waals surface area (Å²) in [5.74, 6) is 0.680. The van der Waals surface area contributed by atoms with Crippen LogP contribution in [-0.2, 0) is 6.42 Å². The van der Waals surface area contributed by atoms with Crippen LogP contribution in [0.15, 0.2) is 30.3 Å². The first-order chi connectivity index (χ1) is 10.9. The van der Waals surface area contributed by atoms with Crippen molar-refractivity contribution in [2.24, 2.45) is 0 Å². The second-order valence-electron chi connectivity index (χ2n) is 5.67. The third-order valence-electron chi connectivity index (χ3n) is 3.44. The minimum atomic E-state index is -0.911. The first-order valence-electron chi connectivity index (χ1n) is 7.36. The molecular weight excluding hydrogens is 335 g/mol. The molecule has 5 heteroatoms. The molecule has 0 bridgehead atoms. The number of aliphatic hydroxyl groups is 2. The normalized spacial score (nSPS) is 12.3. The highest BCUT2D eigenvalue weighted by Crippen LogP contribution is 2.30. The van der Waals surface area contributed by atoms with Gasteiger partial charge in [0.05, 0.1) is 6.61 Å². The second kappa shape index (κ2) is 8.02. The minimum absolute atomic E-state index is 0.0283. The molecule has 0 spiro atoms. The average molecular weight is 355 g/mol. The van der Waals surface area contributed by atoms with Crippen molar-refractivity contribution in [1.29, 1.82) is 0 Å². The molecule has 1 unspecified atom stereocenters. The molecule has 2 rings (SSSR count). The zero-order valence-corrected chi connectivity index (χ0v) is 14.7. The number of benzene rings is 2. The standard InChI is InChI=1S/C18H20Cl2O3/c1-11-3-13(7-15(19)4-11)6-14-8-16(20)5-12(2)18(14)23-10-17(22)9-21/h3-5,7-8,17,21-22H,6,9-10H2,1-2H3. The lowest BCUT2D eigenvalue weighted by atomic mass is 10.0. The molecule has 0 radical (unpaired) electrons. The Bertz CT molecular complexity index is 666. The summed E-state index contributed by atoms with van der Waals surface area (Å²) in [5, 5.41) is 19.7. The summed E-state index contributed by atoms with van der Waals surface area (Å²) in [4.78, 5) is 0. The summed E-state index contributed by atoms with van der Waals surface area (Å²) in [6.07, 6.45) is -0.292. The van der Waals surface area contributed by atoms with E-state index in [1.807, 2.05) is 38.1 Å². The van der Waals surface area contributed by atoms with E-state index in [2.05, 4.69) is 6.07 Å². The van der Waals surface area contributed by atoms with Gasteiger partial charge in [0.2, 0.25) is 0 Å². The third kappa shape index (κ3) is 5.11. The van der Waals surface area contributed by atoms with Gasteiger partial charge in [0.25, 0.3) is 0 Å². The monoisotopic (exact) mass is 354 g/mol. The van der Waals surface area contributed by atoms with Crippen LogP contribution in [0.5, 0.6) is 5.75 Å². The van der Waals surface area contributed by atoms with Gasteiger partial charge < -0.3 is 14.9 Å². The van der Waals surface area contributed by atoms with E-state index in [1.54, 1.807) is 0 Å². The first kappa shape index (κ1) is 18.1. The first-order valence-corrected chi connectivity index (χ1v) is 8.11. The van der Waals surface area contributed by atoms with Crippen molar-refractivity contribution in [2.45, 2.75) is 26.4 Å². The van der Waals surface area contributed by atoms with Gasteiger partial charge in [0.1, 0.15) is 18.5 Å². The van der Waals surface area contributed by atoms with Gasteiger partial charge >= 0.3 is 0 Å². The fraction of sp³-hybridized carbons (Fsp3) is 0.333. The molecule has 23 heavy (non-hydrogen) atoms. The number of rotatable bonds is 6. The van der Waals surface area contributed by atoms with Crippen LogP contribution in [0.25, 0.3) is 0 Å². The van der Waals surface area contributed by atoms with E-state index in [9.17, 15) is 5.11 Å². The lowest BCUT2D eigenvalue weighted by Crippen LogP contribution is -2.22. The van der Waals surface area contributed by atoms with Crippen molar-refractivity contribution >= 4 is 23.2 Å². The molecule has 0 amide bonds. The SMILES string of the molecule is Cc1cc(Cl)cc(Cc2cc(Cl)cc(C)c2OCC(O)CO)c1. The van der Waals surface area contributed by atoms with Crippen molar-refractivity contribution in [3.8, 4) is 5.75 Å². The van der Waals surface area contributed by atoms with Gasteiger partial charge in [-0.05, 0) is 54.8 Å². The molecule has 0 saturated carbocycles. The van der Waals surface area contributed by atoms with E-state index >= 15 is 0 Å². The Labute approximate surface area is 146 Å². The quantitative estimate of drug-likeness (QED) is 0.825. The van der Waals surface area contributed by atoms with Gasteiger partial charge in [-0.25, -0.2) is 0 Å². The average Bonchev–Trinajstić information content (AvgIpc) is 2.44. The summed E-state index contributed by atoms with van der Waals surface area (Å²) in [6.45, 7) is 3.59. The van der Waals surface area contributed by atoms with E-state index < -0.39 is 6.10 Å². The van der Waals surface area contributed by atoms with E-state index in [4.69, 9.17) is 33.0 Å². The highest BCUT2D eigenvalue weighted by atomic mass is 35.5. The summed E-state index contributed by atoms with van der Waals surface area (Å²) in [5.41, 5.74) is 3.95. The Kier molecular flexibility index (Phi) is 6.31. The third-order valence-corrected chi connectivity index (χ3v) is 3.88. The molecule has 2 N–H and O–H groups in total. The van der Waals surface area contributed by atoms with Crippen LogP contribution in [0.1, 0.15) is 22.3 Å². The Morgan fingerprint density at radius 3 is 2.39 bits per heavy atom. The van der Waals surface area contributed by atoms with Gasteiger partial charge in [-0.1, -0.05) is 29.3 Å². The topological polar surface area (TPSA) is 49.7 Å². The van der Waals surface area contributed by atoms with E-state index in [-0.39, 0.29) is 13.2 Å². The van der Waals surface area contributed by atoms with Crippen LogP contribution in [0, 0.1) is 13.8 Å². The molecule has 0 fully saturated rings. The smallest absolute Gasteiger partial charge is 0.125 e. The van der Waals surface area contributed by atoms with Crippen molar-refractivity contribution in [3.63, 3.8) is 0 Å². The van der Waals surface area contributed by atoms with E-state index in [0.717, 1.165) is 22.3 Å². The minimum Gasteiger partial charge on any atom is -0.490 e. The Hall–Kier alpha value is -1.26. The zero-order valence-electron chi connectivity index (χ0n) is 13.1. The van der Waals surface area contributed by atoms with Crippen molar-refractivity contribution in [1.82, 2.24) is 0 Å². The van der Waals surface area contributed by atoms with Crippen molar-refractivity contribution in [3.05, 3.63) is 62.6 Å². The molecule has 2 aromatic carbocycles. The van der Waals surface area contributed by atoms with Gasteiger partial charge in [-0.2, -0.15) is 0 Å². The maximum Gasteiger partial charge on any atom is 0.125 e. The summed E-state index contributed by atoms with van der Waals surface area (Å²) < 4.78 is 5.71. The second-order valence-corrected chi connectivity index (χ2v) is 6.54. The van der Waals surface area contributed by atoms with Crippen LogP contribution in [0.4, 0.5) is 0 Å². The molecule has 3 nitrogen and oxygen atoms in total. The number of ether oxygens (including phenoxy) is 1.